The molecule has 4 rings (SSSR count). The second kappa shape index (κ2) is 10.7. The van der Waals surface area contributed by atoms with E-state index in [4.69, 9.17) is 16.0 Å². The summed E-state index contributed by atoms with van der Waals surface area (Å²) < 4.78 is 5.56. The number of carbonyl (C=O) groups excluding carboxylic acids is 1. The van der Waals surface area contributed by atoms with Gasteiger partial charge in [0, 0.05) is 22.9 Å². The second-order valence-corrected chi connectivity index (χ2v) is 8.91. The van der Waals surface area contributed by atoms with Crippen molar-refractivity contribution < 1.29 is 9.21 Å². The van der Waals surface area contributed by atoms with Crippen molar-refractivity contribution >= 4 is 40.2 Å². The number of halogens is 1. The minimum absolute atomic E-state index is 0.0255. The largest absolute Gasteiger partial charge is 0.444 e. The van der Waals surface area contributed by atoms with Crippen LogP contribution in [0.1, 0.15) is 24.9 Å². The number of fused-ring (bicyclic) bond motifs is 1. The third-order valence-corrected chi connectivity index (χ3v) is 6.14. The maximum atomic E-state index is 12.9. The van der Waals surface area contributed by atoms with E-state index in [1.165, 1.54) is 11.8 Å². The van der Waals surface area contributed by atoms with Gasteiger partial charge >= 0.3 is 0 Å². The van der Waals surface area contributed by atoms with Gasteiger partial charge in [0.2, 0.25) is 11.8 Å². The number of aromatic nitrogens is 3. The molecular weight excluding hydrogens is 460 g/mol. The Morgan fingerprint density at radius 1 is 1.18 bits per heavy atom. The fourth-order valence-electron chi connectivity index (χ4n) is 3.40. The second-order valence-electron chi connectivity index (χ2n) is 7.49. The summed E-state index contributed by atoms with van der Waals surface area (Å²) >= 11 is 7.51. The van der Waals surface area contributed by atoms with Crippen LogP contribution in [0.5, 0.6) is 0 Å². The van der Waals surface area contributed by atoms with Gasteiger partial charge in [-0.25, -0.2) is 9.97 Å². The average Bonchev–Trinajstić information content (AvgIpc) is 3.28. The molecule has 0 aliphatic carbocycles. The fraction of sp³-hybridized carbons (Fsp3) is 0.250. The number of nitrogens with zero attached hydrogens (tertiary/aromatic N) is 3. The van der Waals surface area contributed by atoms with Crippen molar-refractivity contribution in [1.29, 1.82) is 0 Å². The van der Waals surface area contributed by atoms with Gasteiger partial charge in [0.05, 0.1) is 28.9 Å². The van der Waals surface area contributed by atoms with Crippen molar-refractivity contribution in [3.63, 3.8) is 0 Å². The Balaban J connectivity index is 1.38. The zero-order valence-electron chi connectivity index (χ0n) is 18.1. The SMILES string of the molecule is CCCN(Cc1nc2cc(Cl)ccc2c(=O)[nH]1)C(=O)CSCc1coc(-c2ccccc2)n1. The molecule has 0 aliphatic rings. The molecule has 0 atom stereocenters. The molecule has 33 heavy (non-hydrogen) atoms. The summed E-state index contributed by atoms with van der Waals surface area (Å²) in [6.45, 7) is 2.80. The van der Waals surface area contributed by atoms with Gasteiger partial charge in [-0.15, -0.1) is 11.8 Å². The molecule has 0 radical (unpaired) electrons. The highest BCUT2D eigenvalue weighted by atomic mass is 35.5. The molecule has 0 spiro atoms. The molecule has 0 unspecified atom stereocenters. The summed E-state index contributed by atoms with van der Waals surface area (Å²) in [5.41, 5.74) is 1.97. The maximum absolute atomic E-state index is 12.9. The first-order valence-corrected chi connectivity index (χ1v) is 12.1. The van der Waals surface area contributed by atoms with Crippen LogP contribution in [0.4, 0.5) is 0 Å². The van der Waals surface area contributed by atoms with Gasteiger partial charge in [0.25, 0.3) is 5.56 Å². The molecule has 2 aromatic carbocycles. The van der Waals surface area contributed by atoms with E-state index >= 15 is 0 Å². The first kappa shape index (κ1) is 23.1. The smallest absolute Gasteiger partial charge is 0.258 e. The van der Waals surface area contributed by atoms with Gasteiger partial charge in [0.15, 0.2) is 0 Å². The van der Waals surface area contributed by atoms with E-state index in [-0.39, 0.29) is 23.8 Å². The number of rotatable bonds is 9. The van der Waals surface area contributed by atoms with E-state index < -0.39 is 0 Å². The van der Waals surface area contributed by atoms with Crippen molar-refractivity contribution in [2.45, 2.75) is 25.6 Å². The van der Waals surface area contributed by atoms with Crippen molar-refractivity contribution in [1.82, 2.24) is 19.9 Å². The molecule has 0 fully saturated rings. The lowest BCUT2D eigenvalue weighted by molar-refractivity contribution is -0.129. The molecule has 0 saturated heterocycles. The van der Waals surface area contributed by atoms with Crippen LogP contribution in [0, 0.1) is 0 Å². The Bertz CT molecular complexity index is 1310. The topological polar surface area (TPSA) is 92.1 Å². The Kier molecular flexibility index (Phi) is 7.47. The van der Waals surface area contributed by atoms with Crippen LogP contribution in [0.15, 0.2) is 64.0 Å². The lowest BCUT2D eigenvalue weighted by atomic mass is 10.2. The fourth-order valence-corrected chi connectivity index (χ4v) is 4.37. The molecule has 170 valence electrons. The molecule has 1 amide bonds. The molecule has 0 aliphatic heterocycles. The van der Waals surface area contributed by atoms with Gasteiger partial charge in [-0.3, -0.25) is 9.59 Å². The Hall–Kier alpha value is -3.10. The molecule has 0 bridgehead atoms. The third kappa shape index (κ3) is 5.83. The molecule has 7 nitrogen and oxygen atoms in total. The predicted octanol–water partition coefficient (Wildman–Crippen LogP) is 4.90. The summed E-state index contributed by atoms with van der Waals surface area (Å²) in [7, 11) is 0. The zero-order valence-corrected chi connectivity index (χ0v) is 19.7. The van der Waals surface area contributed by atoms with E-state index in [9.17, 15) is 9.59 Å². The number of benzene rings is 2. The molecule has 9 heteroatoms. The quantitative estimate of drug-likeness (QED) is 0.364. The van der Waals surface area contributed by atoms with Gasteiger partial charge in [-0.1, -0.05) is 36.7 Å². The van der Waals surface area contributed by atoms with Crippen LogP contribution in [0.3, 0.4) is 0 Å². The number of thioether (sulfide) groups is 1. The predicted molar refractivity (Wildman–Crippen MR) is 131 cm³/mol. The summed E-state index contributed by atoms with van der Waals surface area (Å²) in [6.07, 6.45) is 2.42. The van der Waals surface area contributed by atoms with E-state index in [1.54, 1.807) is 29.4 Å². The summed E-state index contributed by atoms with van der Waals surface area (Å²) in [5.74, 6) is 1.83. The Morgan fingerprint density at radius 3 is 2.79 bits per heavy atom. The van der Waals surface area contributed by atoms with Crippen LogP contribution in [-0.4, -0.2) is 38.1 Å². The van der Waals surface area contributed by atoms with Crippen molar-refractivity contribution in [2.75, 3.05) is 12.3 Å². The number of H-pyrrole nitrogens is 1. The molecule has 4 aromatic rings. The van der Waals surface area contributed by atoms with Crippen LogP contribution in [-0.2, 0) is 17.1 Å². The van der Waals surface area contributed by atoms with E-state index in [0.717, 1.165) is 17.7 Å². The highest BCUT2D eigenvalue weighted by Gasteiger charge is 2.16. The highest BCUT2D eigenvalue weighted by molar-refractivity contribution is 7.99. The lowest BCUT2D eigenvalue weighted by Gasteiger charge is -2.21. The van der Waals surface area contributed by atoms with Gasteiger partial charge in [0.1, 0.15) is 12.1 Å². The molecule has 2 heterocycles. The normalized spacial score (nSPS) is 11.1. The van der Waals surface area contributed by atoms with E-state index in [2.05, 4.69) is 15.0 Å². The Labute approximate surface area is 200 Å². The van der Waals surface area contributed by atoms with Crippen LogP contribution in [0.25, 0.3) is 22.4 Å². The van der Waals surface area contributed by atoms with Crippen molar-refractivity contribution in [2.24, 2.45) is 0 Å². The van der Waals surface area contributed by atoms with E-state index in [1.807, 2.05) is 37.3 Å². The van der Waals surface area contributed by atoms with Crippen molar-refractivity contribution in [3.05, 3.63) is 81.7 Å². The summed E-state index contributed by atoms with van der Waals surface area (Å²) in [4.78, 5) is 38.8. The monoisotopic (exact) mass is 482 g/mol. The van der Waals surface area contributed by atoms with E-state index in [0.29, 0.717) is 39.9 Å². The number of hydrogen-bond donors (Lipinski definition) is 1. The first-order valence-electron chi connectivity index (χ1n) is 10.6. The van der Waals surface area contributed by atoms with Crippen LogP contribution >= 0.6 is 23.4 Å². The number of carbonyl (C=O) groups is 1. The standard InChI is InChI=1S/C24H23ClN4O3S/c1-2-10-29(12-21-27-20-11-17(25)8-9-19(20)23(31)28-21)22(30)15-33-14-18-13-32-24(26-18)16-6-4-3-5-7-16/h3-9,11,13H,2,10,12,14-15H2,1H3,(H,27,28,31). The maximum Gasteiger partial charge on any atom is 0.258 e. The van der Waals surface area contributed by atoms with Crippen LogP contribution in [0.2, 0.25) is 5.02 Å². The minimum Gasteiger partial charge on any atom is -0.444 e. The number of amides is 1. The van der Waals surface area contributed by atoms with Crippen LogP contribution < -0.4 is 5.56 Å². The van der Waals surface area contributed by atoms with Gasteiger partial charge in [-0.05, 0) is 36.8 Å². The molecular formula is C24H23ClN4O3S. The minimum atomic E-state index is -0.245. The first-order chi connectivity index (χ1) is 16.0. The number of aromatic amines is 1. The number of nitrogens with one attached hydrogen (secondary N) is 1. The van der Waals surface area contributed by atoms with Gasteiger partial charge in [-0.2, -0.15) is 0 Å². The third-order valence-electron chi connectivity index (χ3n) is 4.95. The summed E-state index contributed by atoms with van der Waals surface area (Å²) in [5, 5.41) is 0.974. The zero-order chi connectivity index (χ0) is 23.2. The van der Waals surface area contributed by atoms with Gasteiger partial charge < -0.3 is 14.3 Å². The molecule has 1 N–H and O–H groups in total. The lowest BCUT2D eigenvalue weighted by Crippen LogP contribution is -2.34. The number of oxazole rings is 1. The molecule has 0 saturated carbocycles. The highest BCUT2D eigenvalue weighted by Crippen LogP contribution is 2.21. The Morgan fingerprint density at radius 2 is 2.00 bits per heavy atom. The summed E-state index contributed by atoms with van der Waals surface area (Å²) in [6, 6.07) is 14.6. The van der Waals surface area contributed by atoms with Crippen molar-refractivity contribution in [3.8, 4) is 11.5 Å². The molecule has 2 aromatic heterocycles. The average molecular weight is 483 g/mol. The number of hydrogen-bond acceptors (Lipinski definition) is 6.